The number of carbonyl (C=O) groups is 2. The fraction of sp³-hybridized carbons (Fsp3) is 0.300. The average Bonchev–Trinajstić information content (AvgIpc) is 3.07. The van der Waals surface area contributed by atoms with Gasteiger partial charge in [0.15, 0.2) is 0 Å². The molecular weight excluding hydrogens is 376 g/mol. The molecule has 0 fully saturated rings. The van der Waals surface area contributed by atoms with Crippen molar-refractivity contribution in [3.63, 3.8) is 0 Å². The van der Waals surface area contributed by atoms with Crippen LogP contribution in [-0.4, -0.2) is 30.6 Å². The number of ether oxygens (including phenoxy) is 1. The van der Waals surface area contributed by atoms with E-state index in [-0.39, 0.29) is 11.8 Å². The quantitative estimate of drug-likeness (QED) is 0.756. The minimum atomic E-state index is -0.442. The Morgan fingerprint density at radius 3 is 3.07 bits per heavy atom. The van der Waals surface area contributed by atoms with E-state index in [2.05, 4.69) is 21.7 Å². The number of alkyl carbamates (subject to hydrolysis) is 1. The van der Waals surface area contributed by atoms with E-state index in [0.717, 1.165) is 35.3 Å². The Morgan fingerprint density at radius 2 is 2.36 bits per heavy atom. The van der Waals surface area contributed by atoms with Crippen molar-refractivity contribution in [1.29, 1.82) is 5.26 Å². The summed E-state index contributed by atoms with van der Waals surface area (Å²) >= 11 is 1.42. The standard InChI is InChI=1S/C20H20N4O3S/c1-22-20(26)27-12-14-4-6-15-16(10-21)19(28-17(15)9-14)24-18(25)7-5-13-3-2-8-23-11-13/h2-3,5,7-8,11,14H,4,6,9,12H2,1H3,(H,22,26)(H,24,25)/b7-5+. The maximum absolute atomic E-state index is 12.3. The maximum Gasteiger partial charge on any atom is 0.406 e. The second-order valence-electron chi connectivity index (χ2n) is 6.39. The highest BCUT2D eigenvalue weighted by Crippen LogP contribution is 2.39. The highest BCUT2D eigenvalue weighted by Gasteiger charge is 2.27. The number of nitrogens with zero attached hydrogens (tertiary/aromatic N) is 2. The molecule has 0 bridgehead atoms. The molecule has 0 saturated heterocycles. The number of pyridine rings is 1. The van der Waals surface area contributed by atoms with E-state index in [1.165, 1.54) is 24.5 Å². The molecule has 1 unspecified atom stereocenters. The molecule has 1 aliphatic carbocycles. The summed E-state index contributed by atoms with van der Waals surface area (Å²) in [5, 5.41) is 15.4. The molecule has 0 aromatic carbocycles. The molecule has 0 saturated carbocycles. The van der Waals surface area contributed by atoms with Crippen LogP contribution in [0.5, 0.6) is 0 Å². The Labute approximate surface area is 167 Å². The highest BCUT2D eigenvalue weighted by atomic mass is 32.1. The lowest BCUT2D eigenvalue weighted by Gasteiger charge is -2.21. The van der Waals surface area contributed by atoms with E-state index in [1.54, 1.807) is 24.5 Å². The van der Waals surface area contributed by atoms with Crippen molar-refractivity contribution in [1.82, 2.24) is 10.3 Å². The van der Waals surface area contributed by atoms with Crippen LogP contribution >= 0.6 is 11.3 Å². The van der Waals surface area contributed by atoms with Crippen LogP contribution in [0.1, 0.15) is 28.0 Å². The van der Waals surface area contributed by atoms with Crippen LogP contribution in [0.25, 0.3) is 6.08 Å². The second kappa shape index (κ2) is 9.15. The van der Waals surface area contributed by atoms with Gasteiger partial charge in [0.1, 0.15) is 11.1 Å². The Balaban J connectivity index is 1.68. The highest BCUT2D eigenvalue weighted by molar-refractivity contribution is 7.16. The number of carbonyl (C=O) groups excluding carboxylic acids is 2. The number of rotatable bonds is 5. The summed E-state index contributed by atoms with van der Waals surface area (Å²) in [6.45, 7) is 0.342. The average molecular weight is 396 g/mol. The molecular formula is C20H20N4O3S. The normalized spacial score (nSPS) is 15.5. The summed E-state index contributed by atoms with van der Waals surface area (Å²) in [5.74, 6) is -0.0810. The summed E-state index contributed by atoms with van der Waals surface area (Å²) in [5.41, 5.74) is 2.35. The summed E-state index contributed by atoms with van der Waals surface area (Å²) in [7, 11) is 1.53. The van der Waals surface area contributed by atoms with Crippen molar-refractivity contribution >= 4 is 34.4 Å². The number of anilines is 1. The van der Waals surface area contributed by atoms with E-state index in [0.29, 0.717) is 17.2 Å². The maximum atomic E-state index is 12.3. The molecule has 7 nitrogen and oxygen atoms in total. The summed E-state index contributed by atoms with van der Waals surface area (Å²) in [6.07, 6.45) is 8.29. The number of aromatic nitrogens is 1. The molecule has 2 N–H and O–H groups in total. The van der Waals surface area contributed by atoms with Crippen LogP contribution in [0.15, 0.2) is 30.6 Å². The first-order valence-corrected chi connectivity index (χ1v) is 9.70. The van der Waals surface area contributed by atoms with Crippen LogP contribution in [-0.2, 0) is 22.4 Å². The SMILES string of the molecule is CNC(=O)OCC1CCc2c(sc(NC(=O)/C=C/c3cccnc3)c2C#N)C1. The molecule has 1 aliphatic rings. The van der Waals surface area contributed by atoms with Gasteiger partial charge < -0.3 is 15.4 Å². The summed E-state index contributed by atoms with van der Waals surface area (Å²) in [6, 6.07) is 5.87. The third-order valence-electron chi connectivity index (χ3n) is 4.48. The number of amides is 2. The lowest BCUT2D eigenvalue weighted by molar-refractivity contribution is -0.111. The van der Waals surface area contributed by atoms with Crippen molar-refractivity contribution in [2.75, 3.05) is 19.0 Å². The molecule has 8 heteroatoms. The lowest BCUT2D eigenvalue weighted by atomic mass is 9.88. The summed E-state index contributed by atoms with van der Waals surface area (Å²) in [4.78, 5) is 28.6. The van der Waals surface area contributed by atoms with Gasteiger partial charge in [0.05, 0.1) is 12.2 Å². The zero-order valence-electron chi connectivity index (χ0n) is 15.4. The molecule has 0 radical (unpaired) electrons. The van der Waals surface area contributed by atoms with Gasteiger partial charge in [0, 0.05) is 30.4 Å². The van der Waals surface area contributed by atoms with E-state index < -0.39 is 6.09 Å². The van der Waals surface area contributed by atoms with Crippen LogP contribution in [0.4, 0.5) is 9.80 Å². The largest absolute Gasteiger partial charge is 0.449 e. The zero-order valence-corrected chi connectivity index (χ0v) is 16.2. The minimum Gasteiger partial charge on any atom is -0.449 e. The molecule has 144 valence electrons. The number of nitriles is 1. The Hall–Kier alpha value is -3.18. The van der Waals surface area contributed by atoms with Crippen LogP contribution in [0, 0.1) is 17.2 Å². The van der Waals surface area contributed by atoms with Crippen LogP contribution in [0.3, 0.4) is 0 Å². The van der Waals surface area contributed by atoms with E-state index in [1.807, 2.05) is 6.07 Å². The van der Waals surface area contributed by atoms with Crippen molar-refractivity contribution in [3.8, 4) is 6.07 Å². The number of hydrogen-bond acceptors (Lipinski definition) is 6. The topological polar surface area (TPSA) is 104 Å². The fourth-order valence-corrected chi connectivity index (χ4v) is 4.38. The lowest BCUT2D eigenvalue weighted by Crippen LogP contribution is -2.25. The second-order valence-corrected chi connectivity index (χ2v) is 7.49. The molecule has 28 heavy (non-hydrogen) atoms. The van der Waals surface area contributed by atoms with Gasteiger partial charge in [0.25, 0.3) is 0 Å². The predicted molar refractivity (Wildman–Crippen MR) is 107 cm³/mol. The van der Waals surface area contributed by atoms with Gasteiger partial charge >= 0.3 is 6.09 Å². The molecule has 3 rings (SSSR count). The van der Waals surface area contributed by atoms with Crippen LogP contribution < -0.4 is 10.6 Å². The first kappa shape index (κ1) is 19.6. The number of thiophene rings is 1. The number of fused-ring (bicyclic) bond motifs is 1. The van der Waals surface area contributed by atoms with Gasteiger partial charge in [-0.05, 0) is 48.4 Å². The first-order valence-electron chi connectivity index (χ1n) is 8.89. The molecule has 0 spiro atoms. The van der Waals surface area contributed by atoms with Crippen molar-refractivity contribution in [3.05, 3.63) is 52.2 Å². The first-order chi connectivity index (χ1) is 13.6. The molecule has 1 atom stereocenters. The Bertz CT molecular complexity index is 931. The van der Waals surface area contributed by atoms with Crippen molar-refractivity contribution < 1.29 is 14.3 Å². The van der Waals surface area contributed by atoms with E-state index in [4.69, 9.17) is 4.74 Å². The fourth-order valence-electron chi connectivity index (χ4n) is 3.07. The number of nitrogens with one attached hydrogen (secondary N) is 2. The van der Waals surface area contributed by atoms with Gasteiger partial charge in [-0.15, -0.1) is 11.3 Å². The summed E-state index contributed by atoms with van der Waals surface area (Å²) < 4.78 is 5.15. The van der Waals surface area contributed by atoms with Gasteiger partial charge in [-0.25, -0.2) is 4.79 Å². The van der Waals surface area contributed by atoms with Crippen molar-refractivity contribution in [2.45, 2.75) is 19.3 Å². The third-order valence-corrected chi connectivity index (χ3v) is 5.65. The molecule has 2 aromatic rings. The molecule has 2 amide bonds. The zero-order chi connectivity index (χ0) is 19.9. The predicted octanol–water partition coefficient (Wildman–Crippen LogP) is 3.13. The minimum absolute atomic E-state index is 0.212. The smallest absolute Gasteiger partial charge is 0.406 e. The van der Waals surface area contributed by atoms with Gasteiger partial charge in [-0.3, -0.25) is 9.78 Å². The van der Waals surface area contributed by atoms with E-state index >= 15 is 0 Å². The van der Waals surface area contributed by atoms with Gasteiger partial charge in [-0.2, -0.15) is 5.26 Å². The van der Waals surface area contributed by atoms with Crippen LogP contribution in [0.2, 0.25) is 0 Å². The van der Waals surface area contributed by atoms with Crippen molar-refractivity contribution in [2.24, 2.45) is 5.92 Å². The Kier molecular flexibility index (Phi) is 6.40. The van der Waals surface area contributed by atoms with Gasteiger partial charge in [-0.1, -0.05) is 6.07 Å². The molecule has 2 heterocycles. The monoisotopic (exact) mass is 396 g/mol. The molecule has 2 aromatic heterocycles. The molecule has 0 aliphatic heterocycles. The Morgan fingerprint density at radius 1 is 1.50 bits per heavy atom. The number of hydrogen-bond donors (Lipinski definition) is 2. The van der Waals surface area contributed by atoms with E-state index in [9.17, 15) is 14.9 Å². The van der Waals surface area contributed by atoms with Gasteiger partial charge in [0.2, 0.25) is 5.91 Å². The third kappa shape index (κ3) is 4.75.